The summed E-state index contributed by atoms with van der Waals surface area (Å²) in [5.41, 5.74) is 0.920. The van der Waals surface area contributed by atoms with Crippen molar-refractivity contribution in [3.8, 4) is 0 Å². The largest absolute Gasteiger partial charge is 0.390 e. The highest BCUT2D eigenvalue weighted by molar-refractivity contribution is 5.19. The van der Waals surface area contributed by atoms with Gasteiger partial charge in [0.1, 0.15) is 0 Å². The molecule has 0 saturated heterocycles. The smallest absolute Gasteiger partial charge is 0.0658 e. The number of rotatable bonds is 0. The van der Waals surface area contributed by atoms with Crippen LogP contribution in [-0.2, 0) is 0 Å². The fourth-order valence-corrected chi connectivity index (χ4v) is 9.04. The zero-order valence-corrected chi connectivity index (χ0v) is 14.6. The van der Waals surface area contributed by atoms with Gasteiger partial charge < -0.3 is 5.11 Å². The lowest BCUT2D eigenvalue weighted by molar-refractivity contribution is -0.223. The third-order valence-electron chi connectivity index (χ3n) is 9.74. The third-order valence-corrected chi connectivity index (χ3v) is 9.74. The molecule has 0 amide bonds. The fourth-order valence-electron chi connectivity index (χ4n) is 9.04. The lowest BCUT2D eigenvalue weighted by atomic mass is 9.39. The first-order chi connectivity index (χ1) is 10.5. The van der Waals surface area contributed by atoms with Crippen LogP contribution in [0.1, 0.15) is 84.5 Å². The molecule has 5 aliphatic rings. The molecule has 1 heteroatoms. The van der Waals surface area contributed by atoms with Gasteiger partial charge in [0.2, 0.25) is 0 Å². The molecule has 5 fully saturated rings. The Hall–Kier alpha value is -0.0400. The number of fused-ring (bicyclic) bond motifs is 4. The third kappa shape index (κ3) is 1.55. The number of aliphatic hydroxyl groups is 1. The van der Waals surface area contributed by atoms with E-state index >= 15 is 0 Å². The molecule has 124 valence electrons. The minimum atomic E-state index is -0.326. The standard InChI is InChI=1S/C21H34O/c1-19-11-4-3-5-14(19)6-7-15-16(19)10-12-21-13-20(2,22)18(21)9-8-17(15)21/h14-18,22H,3-13H2,1-2H3/t14-,15-,16+,17+,18-,19+,20+,21-/m1/s1. The highest BCUT2D eigenvalue weighted by Gasteiger charge is 2.70. The summed E-state index contributed by atoms with van der Waals surface area (Å²) < 4.78 is 0. The summed E-state index contributed by atoms with van der Waals surface area (Å²) in [6, 6.07) is 0. The maximum Gasteiger partial charge on any atom is 0.0658 e. The van der Waals surface area contributed by atoms with Crippen LogP contribution in [0.5, 0.6) is 0 Å². The van der Waals surface area contributed by atoms with Gasteiger partial charge in [-0.3, -0.25) is 0 Å². The van der Waals surface area contributed by atoms with E-state index in [-0.39, 0.29) is 5.60 Å². The Morgan fingerprint density at radius 2 is 1.68 bits per heavy atom. The maximum absolute atomic E-state index is 10.7. The van der Waals surface area contributed by atoms with Crippen LogP contribution in [0.3, 0.4) is 0 Å². The average Bonchev–Trinajstić information content (AvgIpc) is 2.80. The normalized spacial score (nSPS) is 63.1. The van der Waals surface area contributed by atoms with Crippen molar-refractivity contribution >= 4 is 0 Å². The molecule has 0 aromatic rings. The van der Waals surface area contributed by atoms with Gasteiger partial charge in [-0.1, -0.05) is 19.8 Å². The van der Waals surface area contributed by atoms with Crippen molar-refractivity contribution in [2.75, 3.05) is 0 Å². The molecular weight excluding hydrogens is 268 g/mol. The number of hydrogen-bond acceptors (Lipinski definition) is 1. The summed E-state index contributed by atoms with van der Waals surface area (Å²) in [5.74, 6) is 4.68. The summed E-state index contributed by atoms with van der Waals surface area (Å²) in [7, 11) is 0. The van der Waals surface area contributed by atoms with E-state index in [1.54, 1.807) is 0 Å². The topological polar surface area (TPSA) is 20.2 Å². The van der Waals surface area contributed by atoms with Crippen molar-refractivity contribution < 1.29 is 5.11 Å². The second kappa shape index (κ2) is 4.32. The summed E-state index contributed by atoms with van der Waals surface area (Å²) in [5, 5.41) is 10.7. The molecular formula is C21H34O. The molecule has 5 rings (SSSR count). The monoisotopic (exact) mass is 302 g/mol. The predicted molar refractivity (Wildman–Crippen MR) is 89.4 cm³/mol. The van der Waals surface area contributed by atoms with Gasteiger partial charge in [0, 0.05) is 0 Å². The Bertz CT molecular complexity index is 482. The molecule has 8 atom stereocenters. The quantitative estimate of drug-likeness (QED) is 0.654. The van der Waals surface area contributed by atoms with Crippen LogP contribution in [0.2, 0.25) is 0 Å². The van der Waals surface area contributed by atoms with Crippen LogP contribution < -0.4 is 0 Å². The van der Waals surface area contributed by atoms with Gasteiger partial charge in [0.05, 0.1) is 5.60 Å². The summed E-state index contributed by atoms with van der Waals surface area (Å²) in [6.07, 6.45) is 15.9. The molecule has 5 saturated carbocycles. The van der Waals surface area contributed by atoms with E-state index in [2.05, 4.69) is 13.8 Å². The van der Waals surface area contributed by atoms with E-state index in [9.17, 15) is 5.11 Å². The molecule has 0 aromatic carbocycles. The average molecular weight is 303 g/mol. The van der Waals surface area contributed by atoms with Crippen molar-refractivity contribution in [1.82, 2.24) is 0 Å². The van der Waals surface area contributed by atoms with Gasteiger partial charge in [0.15, 0.2) is 0 Å². The number of hydrogen-bond donors (Lipinski definition) is 1. The summed E-state index contributed by atoms with van der Waals surface area (Å²) in [6.45, 7) is 4.80. The van der Waals surface area contributed by atoms with Crippen LogP contribution in [-0.4, -0.2) is 10.7 Å². The fraction of sp³-hybridized carbons (Fsp3) is 1.00. The second-order valence-electron chi connectivity index (χ2n) is 10.3. The van der Waals surface area contributed by atoms with Crippen molar-refractivity contribution in [2.24, 2.45) is 40.4 Å². The lowest BCUT2D eigenvalue weighted by Crippen LogP contribution is -2.63. The second-order valence-corrected chi connectivity index (χ2v) is 10.3. The van der Waals surface area contributed by atoms with Crippen LogP contribution >= 0.6 is 0 Å². The van der Waals surface area contributed by atoms with E-state index in [1.807, 2.05) is 0 Å². The maximum atomic E-state index is 10.7. The zero-order chi connectivity index (χ0) is 15.2. The highest BCUT2D eigenvalue weighted by atomic mass is 16.3. The molecule has 0 radical (unpaired) electrons. The summed E-state index contributed by atoms with van der Waals surface area (Å²) in [4.78, 5) is 0. The van der Waals surface area contributed by atoms with Crippen LogP contribution in [0.4, 0.5) is 0 Å². The molecule has 0 aromatic heterocycles. The predicted octanol–water partition coefficient (Wildman–Crippen LogP) is 5.17. The lowest BCUT2D eigenvalue weighted by Gasteiger charge is -2.66. The van der Waals surface area contributed by atoms with E-state index in [1.165, 1.54) is 64.2 Å². The molecule has 0 unspecified atom stereocenters. The van der Waals surface area contributed by atoms with E-state index in [4.69, 9.17) is 0 Å². The van der Waals surface area contributed by atoms with Gasteiger partial charge in [-0.2, -0.15) is 0 Å². The summed E-state index contributed by atoms with van der Waals surface area (Å²) >= 11 is 0. The molecule has 1 nitrogen and oxygen atoms in total. The van der Waals surface area contributed by atoms with Crippen molar-refractivity contribution in [3.05, 3.63) is 0 Å². The van der Waals surface area contributed by atoms with Crippen molar-refractivity contribution in [2.45, 2.75) is 90.1 Å². The minimum absolute atomic E-state index is 0.326. The van der Waals surface area contributed by atoms with Crippen LogP contribution in [0.25, 0.3) is 0 Å². The van der Waals surface area contributed by atoms with E-state index in [0.717, 1.165) is 30.1 Å². The Morgan fingerprint density at radius 1 is 0.818 bits per heavy atom. The first kappa shape index (κ1) is 14.3. The van der Waals surface area contributed by atoms with Crippen LogP contribution in [0.15, 0.2) is 0 Å². The Morgan fingerprint density at radius 3 is 2.50 bits per heavy atom. The molecule has 0 heterocycles. The van der Waals surface area contributed by atoms with Gasteiger partial charge in [-0.15, -0.1) is 0 Å². The van der Waals surface area contributed by atoms with Gasteiger partial charge in [-0.05, 0) is 105 Å². The first-order valence-electron chi connectivity index (χ1n) is 10.2. The van der Waals surface area contributed by atoms with Crippen LogP contribution in [0, 0.1) is 40.4 Å². The molecule has 0 bridgehead atoms. The molecule has 1 N–H and O–H groups in total. The zero-order valence-electron chi connectivity index (χ0n) is 14.6. The minimum Gasteiger partial charge on any atom is -0.390 e. The van der Waals surface area contributed by atoms with Crippen molar-refractivity contribution in [1.29, 1.82) is 0 Å². The Balaban J connectivity index is 1.46. The Kier molecular flexibility index (Phi) is 2.81. The van der Waals surface area contributed by atoms with Crippen molar-refractivity contribution in [3.63, 3.8) is 0 Å². The molecule has 22 heavy (non-hydrogen) atoms. The Labute approximate surface area is 136 Å². The SMILES string of the molecule is C[C@]12CCCC[C@@H]1CC[C@@H]1[C@@H]2CC[C@]23C[C@](C)(O)[C@H]2CC[C@@H]13. The molecule has 0 aliphatic heterocycles. The first-order valence-corrected chi connectivity index (χ1v) is 10.2. The van der Waals surface area contributed by atoms with Gasteiger partial charge >= 0.3 is 0 Å². The van der Waals surface area contributed by atoms with Gasteiger partial charge in [0.25, 0.3) is 0 Å². The van der Waals surface area contributed by atoms with Gasteiger partial charge in [-0.25, -0.2) is 0 Å². The molecule has 1 spiro atoms. The van der Waals surface area contributed by atoms with E-state index in [0.29, 0.717) is 16.7 Å². The highest BCUT2D eigenvalue weighted by Crippen LogP contribution is 2.74. The molecule has 5 aliphatic carbocycles. The van der Waals surface area contributed by atoms with E-state index < -0.39 is 0 Å².